The largest absolute Gasteiger partial charge is 0.472 e. The molecular formula is C68H111O11P. The number of phosphoric ester groups is 1. The average Bonchev–Trinajstić information content (AvgIpc) is 3.45. The van der Waals surface area contributed by atoms with Gasteiger partial charge in [0.15, 0.2) is 6.10 Å². The van der Waals surface area contributed by atoms with Gasteiger partial charge in [-0.2, -0.15) is 0 Å². The summed E-state index contributed by atoms with van der Waals surface area (Å²) in [4.78, 5) is 48.7. The van der Waals surface area contributed by atoms with Gasteiger partial charge in [-0.25, -0.2) is 4.57 Å². The molecule has 3 atom stereocenters. The Labute approximate surface area is 487 Å². The monoisotopic (exact) mass is 1130 g/mol. The molecule has 3 unspecified atom stereocenters. The number of carbonyl (C=O) groups excluding carboxylic acids is 3. The van der Waals surface area contributed by atoms with E-state index in [9.17, 15) is 28.9 Å². The highest BCUT2D eigenvalue weighted by atomic mass is 31.2. The minimum absolute atomic E-state index is 0.0285. The third-order valence-corrected chi connectivity index (χ3v) is 13.5. The lowest BCUT2D eigenvalue weighted by Gasteiger charge is -2.21. The molecule has 0 bridgehead atoms. The third kappa shape index (κ3) is 58.3. The molecule has 0 aromatic heterocycles. The Morgan fingerprint density at radius 3 is 1.07 bits per heavy atom. The predicted molar refractivity (Wildman–Crippen MR) is 334 cm³/mol. The van der Waals surface area contributed by atoms with E-state index in [1.165, 1.54) is 70.6 Å². The Kier molecular flexibility index (Phi) is 57.4. The molecule has 454 valence electrons. The Hall–Kier alpha value is -4.38. The number of esters is 3. The first kappa shape index (κ1) is 75.6. The second-order valence-corrected chi connectivity index (χ2v) is 21.6. The van der Waals surface area contributed by atoms with E-state index in [2.05, 4.69) is 142 Å². The highest BCUT2D eigenvalue weighted by Crippen LogP contribution is 2.43. The average molecular weight is 1140 g/mol. The van der Waals surface area contributed by atoms with Crippen molar-refractivity contribution in [2.75, 3.05) is 26.4 Å². The van der Waals surface area contributed by atoms with Crippen LogP contribution in [0.3, 0.4) is 0 Å². The van der Waals surface area contributed by atoms with Gasteiger partial charge in [0.25, 0.3) is 0 Å². The first-order valence-electron chi connectivity index (χ1n) is 31.1. The maximum absolute atomic E-state index is 12.9. The van der Waals surface area contributed by atoms with Crippen molar-refractivity contribution in [3.05, 3.63) is 134 Å². The van der Waals surface area contributed by atoms with Crippen molar-refractivity contribution in [2.24, 2.45) is 0 Å². The normalized spacial score (nSPS) is 14.2. The van der Waals surface area contributed by atoms with E-state index in [0.29, 0.717) is 25.7 Å². The van der Waals surface area contributed by atoms with Crippen LogP contribution in [0, 0.1) is 0 Å². The molecule has 0 fully saturated rings. The summed E-state index contributed by atoms with van der Waals surface area (Å²) in [6.45, 7) is 4.30. The Morgan fingerprint density at radius 1 is 0.362 bits per heavy atom. The van der Waals surface area contributed by atoms with Gasteiger partial charge in [0.1, 0.15) is 12.7 Å². The van der Waals surface area contributed by atoms with Gasteiger partial charge in [0.2, 0.25) is 0 Å². The van der Waals surface area contributed by atoms with Crippen LogP contribution in [0.2, 0.25) is 0 Å². The maximum atomic E-state index is 12.9. The van der Waals surface area contributed by atoms with E-state index in [0.717, 1.165) is 103 Å². The van der Waals surface area contributed by atoms with Crippen molar-refractivity contribution < 1.29 is 52.2 Å². The van der Waals surface area contributed by atoms with Crippen LogP contribution in [-0.4, -0.2) is 66.5 Å². The highest BCUT2D eigenvalue weighted by molar-refractivity contribution is 7.47. The number of hydrogen-bond acceptors (Lipinski definition) is 10. The van der Waals surface area contributed by atoms with E-state index in [-0.39, 0.29) is 25.9 Å². The lowest BCUT2D eigenvalue weighted by atomic mass is 10.0. The number of ether oxygens (including phenoxy) is 3. The second kappa shape index (κ2) is 60.7. The smallest absolute Gasteiger partial charge is 0.462 e. The molecule has 11 nitrogen and oxygen atoms in total. The fourth-order valence-corrected chi connectivity index (χ4v) is 8.72. The summed E-state index contributed by atoms with van der Waals surface area (Å²) in [5.74, 6) is -1.61. The summed E-state index contributed by atoms with van der Waals surface area (Å²) in [7, 11) is -4.79. The first-order chi connectivity index (χ1) is 39.2. The molecule has 2 N–H and O–H groups in total. The van der Waals surface area contributed by atoms with E-state index in [4.69, 9.17) is 23.3 Å². The van der Waals surface area contributed by atoms with Gasteiger partial charge < -0.3 is 24.2 Å². The predicted octanol–water partition coefficient (Wildman–Crippen LogP) is 18.9. The molecule has 0 aliphatic rings. The quantitative estimate of drug-likeness (QED) is 0.0197. The zero-order chi connectivity index (χ0) is 58.3. The van der Waals surface area contributed by atoms with E-state index in [1.54, 1.807) is 0 Å². The van der Waals surface area contributed by atoms with Gasteiger partial charge in [0.05, 0.1) is 19.8 Å². The van der Waals surface area contributed by atoms with Gasteiger partial charge in [-0.15, -0.1) is 0 Å². The number of allylic oxidation sites excluding steroid dienone is 22. The Balaban J connectivity index is 4.89. The van der Waals surface area contributed by atoms with Crippen LogP contribution >= 0.6 is 7.82 Å². The molecule has 0 radical (unpaired) electrons. The van der Waals surface area contributed by atoms with Crippen LogP contribution in [0.1, 0.15) is 239 Å². The molecule has 0 saturated heterocycles. The molecule has 80 heavy (non-hydrogen) atoms. The van der Waals surface area contributed by atoms with Crippen molar-refractivity contribution in [3.8, 4) is 0 Å². The minimum Gasteiger partial charge on any atom is -0.462 e. The number of rotatable bonds is 56. The summed E-state index contributed by atoms with van der Waals surface area (Å²) in [5, 5.41) is 9.84. The zero-order valence-electron chi connectivity index (χ0n) is 50.2. The Bertz CT molecular complexity index is 1850. The summed E-state index contributed by atoms with van der Waals surface area (Å²) in [5.41, 5.74) is 0. The van der Waals surface area contributed by atoms with Gasteiger partial charge in [0, 0.05) is 19.3 Å². The van der Waals surface area contributed by atoms with Crippen LogP contribution in [0.25, 0.3) is 0 Å². The maximum Gasteiger partial charge on any atom is 0.472 e. The molecule has 0 aromatic carbocycles. The van der Waals surface area contributed by atoms with Crippen molar-refractivity contribution in [2.45, 2.75) is 251 Å². The molecule has 0 aromatic rings. The van der Waals surface area contributed by atoms with Crippen LogP contribution < -0.4 is 0 Å². The number of carbonyl (C=O) groups is 3. The van der Waals surface area contributed by atoms with E-state index >= 15 is 0 Å². The van der Waals surface area contributed by atoms with Crippen molar-refractivity contribution in [1.82, 2.24) is 0 Å². The third-order valence-electron chi connectivity index (χ3n) is 12.6. The summed E-state index contributed by atoms with van der Waals surface area (Å²) in [6.07, 6.45) is 77.1. The number of hydrogen-bond donors (Lipinski definition) is 2. The lowest BCUT2D eigenvalue weighted by Crippen LogP contribution is -2.30. The van der Waals surface area contributed by atoms with Crippen LogP contribution in [0.15, 0.2) is 134 Å². The molecule has 0 saturated carbocycles. The topological polar surface area (TPSA) is 155 Å². The Morgan fingerprint density at radius 2 is 0.675 bits per heavy atom. The van der Waals surface area contributed by atoms with Crippen molar-refractivity contribution in [3.63, 3.8) is 0 Å². The van der Waals surface area contributed by atoms with Gasteiger partial charge in [-0.1, -0.05) is 251 Å². The lowest BCUT2D eigenvalue weighted by molar-refractivity contribution is -0.161. The number of aliphatic hydroxyl groups excluding tert-OH is 1. The fraction of sp³-hybridized carbons (Fsp3) is 0.632. The summed E-state index contributed by atoms with van der Waals surface area (Å²) in [6, 6.07) is 0. The second-order valence-electron chi connectivity index (χ2n) is 20.1. The van der Waals surface area contributed by atoms with E-state index < -0.39 is 57.8 Å². The summed E-state index contributed by atoms with van der Waals surface area (Å²) < 4.78 is 39.5. The van der Waals surface area contributed by atoms with Crippen LogP contribution in [0.4, 0.5) is 0 Å². The standard InChI is InChI=1S/C68H111O11P/c1-4-7-10-13-16-19-22-25-28-30-32-34-37-39-42-45-48-51-54-57-66(70)75-61-65(79-68(72)59-56-53-50-47-44-41-38-35-33-31-29-26-23-20-17-14-11-8-5-2)63-77-80(73,74)76-62-64(60-69)78-67(71)58-55-52-49-46-43-40-36-27-24-21-18-15-12-9-6-3/h7-8,10-11,16-17,19-20,25-26,28-29,32-35,39,41-42,44,50,53,64-65,69H,4-6,9,12-15,18,21-24,27,30-31,36-38,40,43,45-49,51-52,54-63H2,1-3H3,(H,73,74)/b10-7-,11-8-,19-16-,20-17-,28-25-,29-26-,34-32-,35-33-,42-39-,44-41-,53-50-. The van der Waals surface area contributed by atoms with Gasteiger partial charge in [-0.05, 0) is 103 Å². The first-order valence-corrected chi connectivity index (χ1v) is 32.6. The summed E-state index contributed by atoms with van der Waals surface area (Å²) >= 11 is 0. The number of unbranched alkanes of at least 4 members (excludes halogenated alkanes) is 17. The van der Waals surface area contributed by atoms with Gasteiger partial charge >= 0.3 is 25.7 Å². The molecule has 0 spiro atoms. The highest BCUT2D eigenvalue weighted by Gasteiger charge is 2.28. The molecule has 0 heterocycles. The molecule has 0 aliphatic heterocycles. The number of phosphoric acid groups is 1. The zero-order valence-corrected chi connectivity index (χ0v) is 51.1. The number of aliphatic hydroxyl groups is 1. The van der Waals surface area contributed by atoms with Crippen LogP contribution in [0.5, 0.6) is 0 Å². The molecular weight excluding hydrogens is 1020 g/mol. The van der Waals surface area contributed by atoms with Crippen molar-refractivity contribution >= 4 is 25.7 Å². The molecule has 0 amide bonds. The molecule has 12 heteroatoms. The van der Waals surface area contributed by atoms with E-state index in [1.807, 2.05) is 12.2 Å². The fourth-order valence-electron chi connectivity index (χ4n) is 7.94. The SMILES string of the molecule is CC/C=C\C/C=C\C/C=C\C/C=C\C/C=C\C/C=C\CCC(=O)OC(COC(=O)CCCCC/C=C\C/C=C\C/C=C\C/C=C\C/C=C\CC)COP(=O)(O)OCC(CO)OC(=O)CCCCCCCCCCCCCCCCC. The molecule has 0 rings (SSSR count). The van der Waals surface area contributed by atoms with Gasteiger partial charge in [-0.3, -0.25) is 23.4 Å². The molecule has 0 aliphatic carbocycles. The van der Waals surface area contributed by atoms with Crippen LogP contribution in [-0.2, 0) is 42.2 Å². The van der Waals surface area contributed by atoms with Crippen molar-refractivity contribution in [1.29, 1.82) is 0 Å². The minimum atomic E-state index is -4.79.